The summed E-state index contributed by atoms with van der Waals surface area (Å²) in [5, 5.41) is 3.29. The zero-order valence-corrected chi connectivity index (χ0v) is 19.8. The number of nitrogens with one attached hydrogen (secondary N) is 1. The van der Waals surface area contributed by atoms with Crippen LogP contribution in [0.25, 0.3) is 0 Å². The maximum absolute atomic E-state index is 13.5. The van der Waals surface area contributed by atoms with E-state index in [4.69, 9.17) is 4.74 Å². The van der Waals surface area contributed by atoms with Crippen LogP contribution in [0.2, 0.25) is 0 Å². The minimum atomic E-state index is -0.600. The summed E-state index contributed by atoms with van der Waals surface area (Å²) in [6.07, 6.45) is 4.38. The highest BCUT2D eigenvalue weighted by Gasteiger charge is 2.38. The predicted octanol–water partition coefficient (Wildman–Crippen LogP) is 3.60. The number of aromatic nitrogens is 3. The highest BCUT2D eigenvalue weighted by Crippen LogP contribution is 2.28. The summed E-state index contributed by atoms with van der Waals surface area (Å²) in [7, 11) is 0. The largest absolute Gasteiger partial charge is 0.444 e. The monoisotopic (exact) mass is 452 g/mol. The Hall–Kier alpha value is -3.23. The second-order valence-corrected chi connectivity index (χ2v) is 9.58. The van der Waals surface area contributed by atoms with Gasteiger partial charge in [0.15, 0.2) is 0 Å². The van der Waals surface area contributed by atoms with Crippen molar-refractivity contribution in [3.8, 4) is 0 Å². The van der Waals surface area contributed by atoms with Crippen LogP contribution in [0.4, 0.5) is 16.4 Å². The van der Waals surface area contributed by atoms with Crippen LogP contribution in [0.1, 0.15) is 57.1 Å². The van der Waals surface area contributed by atoms with Crippen molar-refractivity contribution in [1.82, 2.24) is 24.8 Å². The van der Waals surface area contributed by atoms with Gasteiger partial charge in [-0.15, -0.1) is 0 Å². The van der Waals surface area contributed by atoms with Crippen LogP contribution < -0.4 is 5.32 Å². The second kappa shape index (κ2) is 9.33. The van der Waals surface area contributed by atoms with E-state index in [-0.39, 0.29) is 5.91 Å². The van der Waals surface area contributed by atoms with Crippen molar-refractivity contribution < 1.29 is 14.3 Å². The van der Waals surface area contributed by atoms with Crippen LogP contribution >= 0.6 is 0 Å². The smallest absolute Gasteiger partial charge is 0.410 e. The van der Waals surface area contributed by atoms with Gasteiger partial charge in [0.1, 0.15) is 29.1 Å². The highest BCUT2D eigenvalue weighted by atomic mass is 16.6. The molecule has 0 aliphatic carbocycles. The molecule has 2 aliphatic rings. The third-order valence-electron chi connectivity index (χ3n) is 5.82. The van der Waals surface area contributed by atoms with Gasteiger partial charge in [0.25, 0.3) is 0 Å². The molecular weight excluding hydrogens is 420 g/mol. The van der Waals surface area contributed by atoms with Gasteiger partial charge in [-0.25, -0.2) is 19.7 Å². The number of rotatable bonds is 3. The zero-order chi connectivity index (χ0) is 23.6. The Morgan fingerprint density at radius 2 is 1.97 bits per heavy atom. The number of amides is 2. The van der Waals surface area contributed by atoms with Gasteiger partial charge in [0.05, 0.1) is 12.2 Å². The molecule has 2 aromatic rings. The van der Waals surface area contributed by atoms with E-state index >= 15 is 0 Å². The van der Waals surface area contributed by atoms with Gasteiger partial charge in [0, 0.05) is 24.8 Å². The molecule has 1 N–H and O–H groups in total. The summed E-state index contributed by atoms with van der Waals surface area (Å²) in [4.78, 5) is 43.2. The number of likely N-dealkylation sites (tertiary alicyclic amines) is 1. The number of carbonyl (C=O) groups is 2. The van der Waals surface area contributed by atoms with E-state index in [0.717, 1.165) is 29.9 Å². The average Bonchev–Trinajstić information content (AvgIpc) is 2.77. The number of pyridine rings is 1. The quantitative estimate of drug-likeness (QED) is 0.759. The maximum Gasteiger partial charge on any atom is 0.410 e. The van der Waals surface area contributed by atoms with Gasteiger partial charge >= 0.3 is 6.09 Å². The molecule has 0 aromatic carbocycles. The molecule has 4 rings (SSSR count). The molecule has 2 aromatic heterocycles. The second-order valence-electron chi connectivity index (χ2n) is 9.58. The van der Waals surface area contributed by atoms with E-state index in [0.29, 0.717) is 44.1 Å². The number of hydrogen-bond acceptors (Lipinski definition) is 7. The lowest BCUT2D eigenvalue weighted by Crippen LogP contribution is -2.54. The van der Waals surface area contributed by atoms with Crippen LogP contribution in [0, 0.1) is 6.92 Å². The summed E-state index contributed by atoms with van der Waals surface area (Å²) in [6.45, 7) is 8.84. The van der Waals surface area contributed by atoms with Crippen molar-refractivity contribution in [3.63, 3.8) is 0 Å². The third kappa shape index (κ3) is 5.40. The Bertz CT molecular complexity index is 1020. The first kappa shape index (κ1) is 22.9. The van der Waals surface area contributed by atoms with Gasteiger partial charge in [-0.3, -0.25) is 9.69 Å². The van der Waals surface area contributed by atoms with Gasteiger partial charge in [-0.05, 0) is 65.5 Å². The van der Waals surface area contributed by atoms with Crippen molar-refractivity contribution in [3.05, 3.63) is 41.5 Å². The number of nitrogens with zero attached hydrogens (tertiary/aromatic N) is 5. The molecule has 0 saturated carbocycles. The molecule has 9 nitrogen and oxygen atoms in total. The van der Waals surface area contributed by atoms with Gasteiger partial charge in [-0.2, -0.15) is 0 Å². The Kier molecular flexibility index (Phi) is 6.49. The molecule has 0 spiro atoms. The average molecular weight is 453 g/mol. The summed E-state index contributed by atoms with van der Waals surface area (Å²) >= 11 is 0. The summed E-state index contributed by atoms with van der Waals surface area (Å²) in [5.74, 6) is 2.04. The molecule has 1 saturated heterocycles. The molecule has 4 heterocycles. The molecule has 0 bridgehead atoms. The van der Waals surface area contributed by atoms with E-state index in [1.54, 1.807) is 11.1 Å². The van der Waals surface area contributed by atoms with E-state index in [9.17, 15) is 9.59 Å². The summed E-state index contributed by atoms with van der Waals surface area (Å²) < 4.78 is 5.57. The first-order valence-corrected chi connectivity index (χ1v) is 11.5. The van der Waals surface area contributed by atoms with Crippen molar-refractivity contribution >= 4 is 23.6 Å². The SMILES string of the molecule is Cc1nc2c(c(Nc3ccccn3)n1)CCN(C(=O)C1CCCCN1C(=O)OC(C)(C)C)C2. The fraction of sp³-hybridized carbons (Fsp3) is 0.542. The third-order valence-corrected chi connectivity index (χ3v) is 5.82. The zero-order valence-electron chi connectivity index (χ0n) is 19.8. The maximum atomic E-state index is 13.5. The standard InChI is InChI=1S/C24H32N6O3/c1-16-26-18-15-29(14-11-17(18)21(27-16)28-20-10-5-7-12-25-20)22(31)19-9-6-8-13-30(19)23(32)33-24(2,3)4/h5,7,10,12,19H,6,8-9,11,13-15H2,1-4H3,(H,25,26,27,28). The number of fused-ring (bicyclic) bond motifs is 1. The van der Waals surface area contributed by atoms with Gasteiger partial charge in [-0.1, -0.05) is 6.07 Å². The van der Waals surface area contributed by atoms with E-state index in [1.165, 1.54) is 0 Å². The number of ether oxygens (including phenoxy) is 1. The lowest BCUT2D eigenvalue weighted by Gasteiger charge is -2.39. The van der Waals surface area contributed by atoms with Gasteiger partial charge in [0.2, 0.25) is 5.91 Å². The molecule has 9 heteroatoms. The van der Waals surface area contributed by atoms with Crippen molar-refractivity contribution in [2.45, 2.75) is 71.6 Å². The molecule has 2 aliphatic heterocycles. The number of aryl methyl sites for hydroxylation is 1. The predicted molar refractivity (Wildman–Crippen MR) is 124 cm³/mol. The number of anilines is 2. The Labute approximate surface area is 194 Å². The fourth-order valence-corrected chi connectivity index (χ4v) is 4.34. The molecule has 176 valence electrons. The molecule has 2 amide bonds. The van der Waals surface area contributed by atoms with Crippen molar-refractivity contribution in [1.29, 1.82) is 0 Å². The first-order chi connectivity index (χ1) is 15.7. The molecule has 1 fully saturated rings. The Morgan fingerprint density at radius 3 is 2.70 bits per heavy atom. The Balaban J connectivity index is 1.52. The number of piperidine rings is 1. The van der Waals surface area contributed by atoms with E-state index in [1.807, 2.05) is 50.8 Å². The normalized spacial score (nSPS) is 18.5. The lowest BCUT2D eigenvalue weighted by molar-refractivity contribution is -0.139. The lowest BCUT2D eigenvalue weighted by atomic mass is 9.99. The van der Waals surface area contributed by atoms with Crippen LogP contribution in [0.5, 0.6) is 0 Å². The minimum Gasteiger partial charge on any atom is -0.444 e. The minimum absolute atomic E-state index is 0.0401. The summed E-state index contributed by atoms with van der Waals surface area (Å²) in [6, 6.07) is 5.17. The van der Waals surface area contributed by atoms with Crippen LogP contribution in [-0.4, -0.2) is 61.5 Å². The first-order valence-electron chi connectivity index (χ1n) is 11.5. The molecule has 0 radical (unpaired) electrons. The van der Waals surface area contributed by atoms with Crippen molar-refractivity contribution in [2.24, 2.45) is 0 Å². The Morgan fingerprint density at radius 1 is 1.15 bits per heavy atom. The number of carbonyl (C=O) groups excluding carboxylic acids is 2. The molecule has 1 atom stereocenters. The van der Waals surface area contributed by atoms with Crippen LogP contribution in [0.3, 0.4) is 0 Å². The van der Waals surface area contributed by atoms with Crippen molar-refractivity contribution in [2.75, 3.05) is 18.4 Å². The molecular formula is C24H32N6O3. The topological polar surface area (TPSA) is 101 Å². The van der Waals surface area contributed by atoms with Crippen LogP contribution in [0.15, 0.2) is 24.4 Å². The molecule has 33 heavy (non-hydrogen) atoms. The molecule has 1 unspecified atom stereocenters. The van der Waals surface area contributed by atoms with Crippen LogP contribution in [-0.2, 0) is 22.5 Å². The highest BCUT2D eigenvalue weighted by molar-refractivity contribution is 5.86. The van der Waals surface area contributed by atoms with Gasteiger partial charge < -0.3 is 15.0 Å². The fourth-order valence-electron chi connectivity index (χ4n) is 4.34. The number of hydrogen-bond donors (Lipinski definition) is 1. The summed E-state index contributed by atoms with van der Waals surface area (Å²) in [5.41, 5.74) is 1.24. The van der Waals surface area contributed by atoms with E-state index in [2.05, 4.69) is 20.3 Å². The van der Waals surface area contributed by atoms with E-state index < -0.39 is 17.7 Å².